The molecule has 3 heterocycles. The van der Waals surface area contributed by atoms with E-state index in [1.807, 2.05) is 12.1 Å². The SMILES string of the molecule is Br.COc1c(F)cc(C(=O)N(C)c2ccc(Oc3ccc4cc(C(=O)N5CCN(Cc6ccc(OC(F)F)cc6)CC5)n(C)c4c3)nc2)c(F)c1F. The van der Waals surface area contributed by atoms with E-state index >= 15 is 0 Å². The molecule has 0 radical (unpaired) electrons. The van der Waals surface area contributed by atoms with Crippen molar-refractivity contribution in [3.63, 3.8) is 0 Å². The number of carbonyl (C=O) groups excluding carboxylic acids is 2. The molecule has 0 N–H and O–H groups in total. The predicted molar refractivity (Wildman–Crippen MR) is 187 cm³/mol. The Hall–Kier alpha value is -5.22. The third kappa shape index (κ3) is 7.97. The molecule has 5 aromatic rings. The molecular weight excluding hydrogens is 757 g/mol. The Bertz CT molecular complexity index is 2070. The Morgan fingerprint density at radius 3 is 2.23 bits per heavy atom. The number of aromatic nitrogens is 2. The van der Waals surface area contributed by atoms with Gasteiger partial charge >= 0.3 is 6.61 Å². The van der Waals surface area contributed by atoms with Crippen LogP contribution in [0.5, 0.6) is 23.1 Å². The number of hydrogen-bond donors (Lipinski definition) is 0. The highest BCUT2D eigenvalue weighted by Crippen LogP contribution is 2.30. The van der Waals surface area contributed by atoms with Gasteiger partial charge in [0.05, 0.1) is 30.1 Å². The third-order valence-electron chi connectivity index (χ3n) is 8.64. The number of pyridine rings is 1. The molecule has 6 rings (SSSR count). The minimum atomic E-state index is -2.87. The lowest BCUT2D eigenvalue weighted by molar-refractivity contribution is -0.0498. The van der Waals surface area contributed by atoms with Crippen molar-refractivity contribution in [2.24, 2.45) is 7.05 Å². The first-order valence-corrected chi connectivity index (χ1v) is 15.7. The first kappa shape index (κ1) is 38.0. The lowest BCUT2D eigenvalue weighted by Crippen LogP contribution is -2.48. The van der Waals surface area contributed by atoms with E-state index < -0.39 is 41.3 Å². The third-order valence-corrected chi connectivity index (χ3v) is 8.64. The van der Waals surface area contributed by atoms with Gasteiger partial charge in [-0.2, -0.15) is 13.2 Å². The molecule has 0 atom stereocenters. The van der Waals surface area contributed by atoms with Crippen LogP contribution >= 0.6 is 17.0 Å². The maximum Gasteiger partial charge on any atom is 0.387 e. The van der Waals surface area contributed by atoms with Crippen molar-refractivity contribution < 1.29 is 45.8 Å². The van der Waals surface area contributed by atoms with Crippen LogP contribution in [0.4, 0.5) is 27.6 Å². The molecule has 1 saturated heterocycles. The Kier molecular flexibility index (Phi) is 11.7. The number of methoxy groups -OCH3 is 1. The minimum absolute atomic E-state index is 0. The summed E-state index contributed by atoms with van der Waals surface area (Å²) in [6.07, 6.45) is 1.29. The fourth-order valence-corrected chi connectivity index (χ4v) is 5.86. The molecular formula is C36H33BrF5N5O5. The zero-order chi connectivity index (χ0) is 36.4. The number of anilines is 1. The number of benzene rings is 3. The number of halogens is 6. The highest BCUT2D eigenvalue weighted by Gasteiger charge is 2.27. The van der Waals surface area contributed by atoms with E-state index in [-0.39, 0.29) is 40.2 Å². The van der Waals surface area contributed by atoms with Gasteiger partial charge in [-0.1, -0.05) is 12.1 Å². The second kappa shape index (κ2) is 16.0. The van der Waals surface area contributed by atoms with Crippen LogP contribution in [0.3, 0.4) is 0 Å². The van der Waals surface area contributed by atoms with Gasteiger partial charge in [0.25, 0.3) is 11.8 Å². The summed E-state index contributed by atoms with van der Waals surface area (Å²) in [5.74, 6) is -5.69. The topological polar surface area (TPSA) is 89.4 Å². The Balaban J connectivity index is 0.00000523. The van der Waals surface area contributed by atoms with E-state index in [1.165, 1.54) is 37.5 Å². The molecule has 0 spiro atoms. The maximum atomic E-state index is 14.5. The van der Waals surface area contributed by atoms with Crippen molar-refractivity contribution in [1.82, 2.24) is 19.4 Å². The van der Waals surface area contributed by atoms with Gasteiger partial charge in [-0.05, 0) is 48.0 Å². The minimum Gasteiger partial charge on any atom is -0.491 e. The average molecular weight is 791 g/mol. The average Bonchev–Trinajstić information content (AvgIpc) is 3.45. The fraction of sp³-hybridized carbons (Fsp3) is 0.250. The van der Waals surface area contributed by atoms with Gasteiger partial charge in [-0.3, -0.25) is 14.5 Å². The molecule has 0 bridgehead atoms. The van der Waals surface area contributed by atoms with Gasteiger partial charge in [0, 0.05) is 64.3 Å². The number of carbonyl (C=O) groups is 2. The van der Waals surface area contributed by atoms with E-state index in [0.717, 1.165) is 28.5 Å². The van der Waals surface area contributed by atoms with Crippen molar-refractivity contribution in [1.29, 1.82) is 0 Å². The van der Waals surface area contributed by atoms with Gasteiger partial charge in [0.15, 0.2) is 17.4 Å². The summed E-state index contributed by atoms with van der Waals surface area (Å²) in [6.45, 7) is 0.0795. The van der Waals surface area contributed by atoms with E-state index in [0.29, 0.717) is 50.2 Å². The number of nitrogens with zero attached hydrogens (tertiary/aromatic N) is 5. The maximum absolute atomic E-state index is 14.5. The van der Waals surface area contributed by atoms with Gasteiger partial charge in [0.2, 0.25) is 11.7 Å². The van der Waals surface area contributed by atoms with Crippen LogP contribution in [0, 0.1) is 17.5 Å². The smallest absolute Gasteiger partial charge is 0.387 e. The lowest BCUT2D eigenvalue weighted by atomic mass is 10.1. The van der Waals surface area contributed by atoms with Crippen LogP contribution in [0.1, 0.15) is 26.4 Å². The van der Waals surface area contributed by atoms with E-state index in [2.05, 4.69) is 19.4 Å². The quantitative estimate of drug-likeness (QED) is 0.109. The molecule has 0 aliphatic carbocycles. The summed E-state index contributed by atoms with van der Waals surface area (Å²) in [7, 11) is 4.08. The molecule has 52 heavy (non-hydrogen) atoms. The molecule has 0 saturated carbocycles. The molecule has 274 valence electrons. The summed E-state index contributed by atoms with van der Waals surface area (Å²) < 4.78 is 84.3. The number of amides is 2. The van der Waals surface area contributed by atoms with E-state index in [9.17, 15) is 31.5 Å². The molecule has 0 unspecified atom stereocenters. The number of alkyl halides is 2. The normalized spacial score (nSPS) is 13.2. The standard InChI is InChI=1S/C36H32F5N5O5.BrH/c1-43(34(47)26-18-27(37)33(49-3)32(39)31(26)38)23-7-11-30(42-19-23)50-25-10-6-22-16-29(44(2)28(22)17-25)35(48)46-14-12-45(13-15-46)20-21-4-8-24(9-5-21)51-36(40)41;/h4-11,16-19,36H,12-15,20H2,1-3H3;1H. The predicted octanol–water partition coefficient (Wildman–Crippen LogP) is 7.21. The van der Waals surface area contributed by atoms with Crippen molar-refractivity contribution in [2.45, 2.75) is 13.2 Å². The molecule has 1 aliphatic rings. The summed E-state index contributed by atoms with van der Waals surface area (Å²) in [5.41, 5.74) is 1.61. The molecule has 10 nitrogen and oxygen atoms in total. The van der Waals surface area contributed by atoms with Gasteiger partial charge in [-0.15, -0.1) is 17.0 Å². The summed E-state index contributed by atoms with van der Waals surface area (Å²) in [6, 6.07) is 17.2. The number of hydrogen-bond acceptors (Lipinski definition) is 7. The number of piperazine rings is 1. The molecule has 2 amide bonds. The van der Waals surface area contributed by atoms with Crippen molar-refractivity contribution >= 4 is 45.4 Å². The molecule has 3 aromatic carbocycles. The monoisotopic (exact) mass is 789 g/mol. The number of ether oxygens (including phenoxy) is 3. The van der Waals surface area contributed by atoms with Gasteiger partial charge in [-0.25, -0.2) is 13.8 Å². The second-order valence-electron chi connectivity index (χ2n) is 11.8. The number of fused-ring (bicyclic) bond motifs is 1. The first-order valence-electron chi connectivity index (χ1n) is 15.7. The Morgan fingerprint density at radius 1 is 0.904 bits per heavy atom. The summed E-state index contributed by atoms with van der Waals surface area (Å²) in [4.78, 5) is 35.6. The van der Waals surface area contributed by atoms with Gasteiger partial charge in [0.1, 0.15) is 17.2 Å². The Morgan fingerprint density at radius 2 is 1.60 bits per heavy atom. The second-order valence-corrected chi connectivity index (χ2v) is 11.8. The van der Waals surface area contributed by atoms with E-state index in [1.54, 1.807) is 40.8 Å². The summed E-state index contributed by atoms with van der Waals surface area (Å²) >= 11 is 0. The largest absolute Gasteiger partial charge is 0.491 e. The van der Waals surface area contributed by atoms with Crippen LogP contribution in [0.15, 0.2) is 72.9 Å². The van der Waals surface area contributed by atoms with Crippen LogP contribution < -0.4 is 19.1 Å². The Labute approximate surface area is 305 Å². The number of rotatable bonds is 10. The van der Waals surface area contributed by atoms with Crippen LogP contribution in [-0.4, -0.2) is 78.1 Å². The fourth-order valence-electron chi connectivity index (χ4n) is 5.86. The zero-order valence-corrected chi connectivity index (χ0v) is 29.8. The van der Waals surface area contributed by atoms with Crippen LogP contribution in [0.25, 0.3) is 10.9 Å². The van der Waals surface area contributed by atoms with E-state index in [4.69, 9.17) is 4.74 Å². The highest BCUT2D eigenvalue weighted by atomic mass is 79.9. The molecule has 1 fully saturated rings. The van der Waals surface area contributed by atoms with Gasteiger partial charge < -0.3 is 28.6 Å². The number of aryl methyl sites for hydroxylation is 1. The van der Waals surface area contributed by atoms with Crippen molar-refractivity contribution in [3.8, 4) is 23.1 Å². The molecule has 2 aromatic heterocycles. The van der Waals surface area contributed by atoms with Crippen molar-refractivity contribution in [3.05, 3.63) is 107 Å². The van der Waals surface area contributed by atoms with Crippen LogP contribution in [-0.2, 0) is 13.6 Å². The first-order chi connectivity index (χ1) is 24.4. The summed E-state index contributed by atoms with van der Waals surface area (Å²) in [5, 5.41) is 0.827. The zero-order valence-electron chi connectivity index (χ0n) is 28.1. The van der Waals surface area contributed by atoms with Crippen molar-refractivity contribution in [2.75, 3.05) is 45.2 Å². The van der Waals surface area contributed by atoms with Crippen LogP contribution in [0.2, 0.25) is 0 Å². The molecule has 1 aliphatic heterocycles. The highest BCUT2D eigenvalue weighted by molar-refractivity contribution is 8.93. The lowest BCUT2D eigenvalue weighted by Gasteiger charge is -2.34. The molecule has 16 heteroatoms.